The topological polar surface area (TPSA) is 99.9 Å². The van der Waals surface area contributed by atoms with Crippen LogP contribution in [-0.4, -0.2) is 51.6 Å². The zero-order chi connectivity index (χ0) is 23.0. The second kappa shape index (κ2) is 10.4. The summed E-state index contributed by atoms with van der Waals surface area (Å²) in [5.41, 5.74) is 1.52. The molecule has 0 spiro atoms. The average Bonchev–Trinajstić information content (AvgIpc) is 3.26. The lowest BCUT2D eigenvalue weighted by Gasteiger charge is -2.15. The lowest BCUT2D eigenvalue weighted by Crippen LogP contribution is -2.38. The minimum absolute atomic E-state index is 0.242. The quantitative estimate of drug-likeness (QED) is 0.373. The molecule has 9 heteroatoms. The van der Waals surface area contributed by atoms with Gasteiger partial charge in [-0.1, -0.05) is 36.4 Å². The molecule has 33 heavy (non-hydrogen) atoms. The fourth-order valence-corrected chi connectivity index (χ4v) is 3.15. The van der Waals surface area contributed by atoms with E-state index in [-0.39, 0.29) is 12.5 Å². The van der Waals surface area contributed by atoms with Crippen molar-refractivity contribution in [1.82, 2.24) is 25.1 Å². The van der Waals surface area contributed by atoms with Crippen LogP contribution in [0.15, 0.2) is 66.7 Å². The van der Waals surface area contributed by atoms with E-state index in [9.17, 15) is 4.79 Å². The summed E-state index contributed by atoms with van der Waals surface area (Å²) in [4.78, 5) is 12.4. The van der Waals surface area contributed by atoms with Gasteiger partial charge in [0.1, 0.15) is 18.1 Å². The summed E-state index contributed by atoms with van der Waals surface area (Å²) in [6.07, 6.45) is -0.665. The van der Waals surface area contributed by atoms with Gasteiger partial charge in [-0.05, 0) is 32.0 Å². The van der Waals surface area contributed by atoms with Crippen molar-refractivity contribution in [3.8, 4) is 28.8 Å². The molecule has 0 saturated heterocycles. The molecule has 4 rings (SSSR count). The van der Waals surface area contributed by atoms with Crippen LogP contribution in [-0.2, 0) is 4.79 Å². The number of fused-ring (bicyclic) bond motifs is 1. The average molecular weight is 447 g/mol. The molecule has 9 nitrogen and oxygen atoms in total. The van der Waals surface area contributed by atoms with E-state index in [0.29, 0.717) is 42.0 Å². The van der Waals surface area contributed by atoms with Crippen molar-refractivity contribution in [2.75, 3.05) is 19.8 Å². The lowest BCUT2D eigenvalue weighted by atomic mass is 10.2. The number of hydrogen-bond acceptors (Lipinski definition) is 7. The minimum atomic E-state index is -0.665. The van der Waals surface area contributed by atoms with Gasteiger partial charge in [0.25, 0.3) is 5.91 Å². The Hall–Kier alpha value is -4.14. The van der Waals surface area contributed by atoms with Gasteiger partial charge >= 0.3 is 0 Å². The van der Waals surface area contributed by atoms with Gasteiger partial charge in [0.15, 0.2) is 17.6 Å². The van der Waals surface area contributed by atoms with Crippen molar-refractivity contribution in [3.63, 3.8) is 0 Å². The molecular weight excluding hydrogens is 422 g/mol. The van der Waals surface area contributed by atoms with Crippen molar-refractivity contribution in [3.05, 3.63) is 66.7 Å². The van der Waals surface area contributed by atoms with E-state index in [2.05, 4.69) is 20.6 Å². The first kappa shape index (κ1) is 22.1. The van der Waals surface area contributed by atoms with Crippen molar-refractivity contribution in [1.29, 1.82) is 0 Å². The molecule has 2 aromatic carbocycles. The van der Waals surface area contributed by atoms with Gasteiger partial charge in [0.05, 0.1) is 13.2 Å². The van der Waals surface area contributed by atoms with Crippen LogP contribution in [0.2, 0.25) is 0 Å². The smallest absolute Gasteiger partial charge is 0.260 e. The van der Waals surface area contributed by atoms with Crippen molar-refractivity contribution >= 4 is 11.6 Å². The van der Waals surface area contributed by atoms with Crippen LogP contribution < -0.4 is 19.5 Å². The van der Waals surface area contributed by atoms with Crippen LogP contribution >= 0.6 is 0 Å². The summed E-state index contributed by atoms with van der Waals surface area (Å²) in [6.45, 7) is 4.72. The number of nitrogens with one attached hydrogen (secondary N) is 1. The Labute approximate surface area is 191 Å². The van der Waals surface area contributed by atoms with Crippen LogP contribution in [0.5, 0.6) is 17.4 Å². The summed E-state index contributed by atoms with van der Waals surface area (Å²) in [5, 5.41) is 15.6. The zero-order valence-electron chi connectivity index (χ0n) is 18.5. The molecule has 1 atom stereocenters. The van der Waals surface area contributed by atoms with Gasteiger partial charge < -0.3 is 19.5 Å². The minimum Gasteiger partial charge on any atom is -0.494 e. The van der Waals surface area contributed by atoms with Crippen LogP contribution in [0.25, 0.3) is 17.0 Å². The highest BCUT2D eigenvalue weighted by Crippen LogP contribution is 2.21. The fraction of sp³-hybridized carbons (Fsp3) is 0.250. The zero-order valence-corrected chi connectivity index (χ0v) is 18.5. The largest absolute Gasteiger partial charge is 0.494 e. The number of carbonyl (C=O) groups is 1. The maximum absolute atomic E-state index is 12.4. The molecule has 0 fully saturated rings. The lowest BCUT2D eigenvalue weighted by molar-refractivity contribution is -0.127. The van der Waals surface area contributed by atoms with Crippen LogP contribution in [0.4, 0.5) is 0 Å². The standard InChI is InChI=1S/C24H25N5O4/c1-3-31-19-10-7-11-20(16-19)33-17(2)24(30)25-14-15-32-22-13-12-21-26-27-23(29(21)28-22)18-8-5-4-6-9-18/h4-13,16-17H,3,14-15H2,1-2H3,(H,25,30). The Balaban J connectivity index is 1.29. The number of nitrogens with zero attached hydrogens (tertiary/aromatic N) is 4. The second-order valence-corrected chi connectivity index (χ2v) is 7.14. The highest BCUT2D eigenvalue weighted by atomic mass is 16.5. The SMILES string of the molecule is CCOc1cccc(OC(C)C(=O)NCCOc2ccc3nnc(-c4ccccc4)n3n2)c1. The summed E-state index contributed by atoms with van der Waals surface area (Å²) in [5.74, 6) is 2.06. The molecule has 0 bridgehead atoms. The Morgan fingerprint density at radius 1 is 1.00 bits per heavy atom. The predicted octanol–water partition coefficient (Wildman–Crippen LogP) is 3.15. The van der Waals surface area contributed by atoms with Crippen molar-refractivity contribution in [2.24, 2.45) is 0 Å². The molecule has 0 aliphatic carbocycles. The summed E-state index contributed by atoms with van der Waals surface area (Å²) < 4.78 is 18.5. The molecule has 1 amide bonds. The number of aromatic nitrogens is 4. The van der Waals surface area contributed by atoms with E-state index < -0.39 is 6.10 Å². The molecule has 1 N–H and O–H groups in total. The third-order valence-corrected chi connectivity index (χ3v) is 4.72. The molecule has 2 heterocycles. The monoisotopic (exact) mass is 447 g/mol. The van der Waals surface area contributed by atoms with E-state index >= 15 is 0 Å². The second-order valence-electron chi connectivity index (χ2n) is 7.14. The van der Waals surface area contributed by atoms with E-state index in [1.165, 1.54) is 0 Å². The van der Waals surface area contributed by atoms with E-state index in [0.717, 1.165) is 5.56 Å². The van der Waals surface area contributed by atoms with Gasteiger partial charge in [0.2, 0.25) is 5.88 Å². The van der Waals surface area contributed by atoms with Crippen molar-refractivity contribution in [2.45, 2.75) is 20.0 Å². The number of amides is 1. The van der Waals surface area contributed by atoms with Gasteiger partial charge in [-0.2, -0.15) is 4.52 Å². The molecule has 0 radical (unpaired) electrons. The normalized spacial score (nSPS) is 11.7. The highest BCUT2D eigenvalue weighted by Gasteiger charge is 2.15. The first-order valence-electron chi connectivity index (χ1n) is 10.7. The molecule has 170 valence electrons. The fourth-order valence-electron chi connectivity index (χ4n) is 3.15. The van der Waals surface area contributed by atoms with Crippen molar-refractivity contribution < 1.29 is 19.0 Å². The highest BCUT2D eigenvalue weighted by molar-refractivity contribution is 5.80. The van der Waals surface area contributed by atoms with E-state index in [1.807, 2.05) is 49.4 Å². The molecule has 1 unspecified atom stereocenters. The molecule has 0 aliphatic heterocycles. The summed E-state index contributed by atoms with van der Waals surface area (Å²) >= 11 is 0. The first-order valence-corrected chi connectivity index (χ1v) is 10.7. The van der Waals surface area contributed by atoms with Crippen LogP contribution in [0, 0.1) is 0 Å². The van der Waals surface area contributed by atoms with Gasteiger partial charge in [0, 0.05) is 17.7 Å². The third-order valence-electron chi connectivity index (χ3n) is 4.72. The maximum Gasteiger partial charge on any atom is 0.260 e. The van der Waals surface area contributed by atoms with Gasteiger partial charge in [-0.25, -0.2) is 0 Å². The first-order chi connectivity index (χ1) is 16.1. The number of carbonyl (C=O) groups excluding carboxylic acids is 1. The van der Waals surface area contributed by atoms with E-state index in [1.54, 1.807) is 35.7 Å². The Morgan fingerprint density at radius 3 is 2.64 bits per heavy atom. The number of ether oxygens (including phenoxy) is 3. The summed E-state index contributed by atoms with van der Waals surface area (Å²) in [7, 11) is 0. The van der Waals surface area contributed by atoms with Crippen LogP contribution in [0.1, 0.15) is 13.8 Å². The molecular formula is C24H25N5O4. The molecule has 2 aromatic heterocycles. The number of benzene rings is 2. The third kappa shape index (κ3) is 5.57. The van der Waals surface area contributed by atoms with Gasteiger partial charge in [-0.15, -0.1) is 15.3 Å². The van der Waals surface area contributed by atoms with E-state index in [4.69, 9.17) is 14.2 Å². The number of hydrogen-bond donors (Lipinski definition) is 1. The molecule has 4 aromatic rings. The Bertz CT molecular complexity index is 1210. The Kier molecular flexibility index (Phi) is 6.99. The predicted molar refractivity (Wildman–Crippen MR) is 122 cm³/mol. The maximum atomic E-state index is 12.4. The Morgan fingerprint density at radius 2 is 1.82 bits per heavy atom. The number of rotatable bonds is 10. The summed E-state index contributed by atoms with van der Waals surface area (Å²) in [6, 6.07) is 20.4. The molecule has 0 saturated carbocycles. The van der Waals surface area contributed by atoms with Gasteiger partial charge in [-0.3, -0.25) is 4.79 Å². The molecule has 0 aliphatic rings. The van der Waals surface area contributed by atoms with Crippen LogP contribution in [0.3, 0.4) is 0 Å².